The number of fused-ring (bicyclic) bond motifs is 1. The smallest absolute Gasteiger partial charge is 0.417 e. The molecule has 0 aliphatic carbocycles. The van der Waals surface area contributed by atoms with Crippen LogP contribution in [0.4, 0.5) is 23.4 Å². The molecule has 29 heavy (non-hydrogen) atoms. The molecular weight excluding hydrogens is 632 g/mol. The third kappa shape index (κ3) is 4.70. The Morgan fingerprint density at radius 1 is 1.24 bits per heavy atom. The summed E-state index contributed by atoms with van der Waals surface area (Å²) in [5.74, 6) is -0.709. The molecule has 0 N–H and O–H groups in total. The van der Waals surface area contributed by atoms with Gasteiger partial charge >= 0.3 is 37.3 Å². The van der Waals surface area contributed by atoms with E-state index < -0.39 is 23.1 Å². The van der Waals surface area contributed by atoms with Crippen LogP contribution >= 0.6 is 11.3 Å². The Morgan fingerprint density at radius 3 is 2.48 bits per heavy atom. The van der Waals surface area contributed by atoms with Crippen LogP contribution in [0.3, 0.4) is 0 Å². The van der Waals surface area contributed by atoms with Crippen molar-refractivity contribution < 1.29 is 48.7 Å². The first kappa shape index (κ1) is 23.9. The molecule has 10 heteroatoms. The second kappa shape index (κ2) is 9.19. The van der Waals surface area contributed by atoms with E-state index in [1.165, 1.54) is 27.9 Å². The zero-order chi connectivity index (χ0) is 20.6. The van der Waals surface area contributed by atoms with Crippen molar-refractivity contribution in [3.63, 3.8) is 0 Å². The maximum absolute atomic E-state index is 14.3. The fourth-order valence-electron chi connectivity index (χ4n) is 3.02. The van der Waals surface area contributed by atoms with E-state index in [1.54, 1.807) is 0 Å². The average Bonchev–Trinajstić information content (AvgIpc) is 2.94. The summed E-state index contributed by atoms with van der Waals surface area (Å²) in [7, 11) is 0. The molecule has 0 aliphatic heterocycles. The molecule has 0 radical (unpaired) electrons. The van der Waals surface area contributed by atoms with Crippen molar-refractivity contribution in [3.8, 4) is 0 Å². The van der Waals surface area contributed by atoms with Crippen molar-refractivity contribution in [1.82, 2.24) is 9.38 Å². The monoisotopic (exact) mass is 649 g/mol. The zero-order valence-electron chi connectivity index (χ0n) is 15.5. The standard InChI is InChI=1S/C19H17F4N3OS.U/c1-4-25(5-2)17-11(3)28-18-24-13(10-15(27)26(17)18)9-12-7-6-8-14(16(12)20)19(21,22)23;/h6-8,10H,1-2,4-5,9H2,3H3;/q-2;+2. The quantitative estimate of drug-likeness (QED) is 0.306. The van der Waals surface area contributed by atoms with Crippen LogP contribution in [0.2, 0.25) is 0 Å². The number of aryl methyl sites for hydroxylation is 1. The van der Waals surface area contributed by atoms with E-state index in [-0.39, 0.29) is 48.8 Å². The van der Waals surface area contributed by atoms with E-state index in [9.17, 15) is 22.4 Å². The third-order valence-electron chi connectivity index (χ3n) is 4.31. The molecule has 0 aliphatic rings. The predicted molar refractivity (Wildman–Crippen MR) is 101 cm³/mol. The van der Waals surface area contributed by atoms with Crippen LogP contribution in [-0.4, -0.2) is 22.5 Å². The molecular formula is C19H17F4N3OSU. The van der Waals surface area contributed by atoms with Crippen LogP contribution < -0.4 is 10.5 Å². The zero-order valence-corrected chi connectivity index (χ0v) is 20.5. The van der Waals surface area contributed by atoms with Crippen LogP contribution in [-0.2, 0) is 12.6 Å². The van der Waals surface area contributed by atoms with E-state index in [4.69, 9.17) is 0 Å². The largest absolute Gasteiger partial charge is 2.00 e. The van der Waals surface area contributed by atoms with Gasteiger partial charge in [0.05, 0.1) is 11.3 Å². The van der Waals surface area contributed by atoms with Crippen molar-refractivity contribution >= 4 is 22.1 Å². The molecule has 0 saturated carbocycles. The maximum Gasteiger partial charge on any atom is 2.00 e. The topological polar surface area (TPSA) is 37.6 Å². The van der Waals surface area contributed by atoms with Crippen LogP contribution in [0, 0.1) is 57.7 Å². The number of hydrogen-bond acceptors (Lipinski definition) is 4. The summed E-state index contributed by atoms with van der Waals surface area (Å²) in [6.45, 7) is 10.3. The van der Waals surface area contributed by atoms with Gasteiger partial charge in [-0.25, -0.2) is 13.8 Å². The van der Waals surface area contributed by atoms with Gasteiger partial charge in [-0.3, -0.25) is 4.79 Å². The molecule has 0 unspecified atom stereocenters. The Hall–Kier alpha value is -1.37. The van der Waals surface area contributed by atoms with Crippen molar-refractivity contribution in [2.75, 3.05) is 18.0 Å². The van der Waals surface area contributed by atoms with Gasteiger partial charge in [-0.15, -0.1) is 13.1 Å². The number of hydrogen-bond donors (Lipinski definition) is 0. The van der Waals surface area contributed by atoms with Gasteiger partial charge in [0, 0.05) is 17.4 Å². The Bertz CT molecular complexity index is 1070. The fraction of sp³-hybridized carbons (Fsp3) is 0.263. The molecule has 1 aromatic carbocycles. The minimum Gasteiger partial charge on any atom is -0.417 e. The molecule has 3 rings (SSSR count). The Kier molecular flexibility index (Phi) is 7.58. The fourth-order valence-corrected chi connectivity index (χ4v) is 4.03. The summed E-state index contributed by atoms with van der Waals surface area (Å²) in [6.07, 6.45) is -5.01. The number of rotatable bonds is 5. The summed E-state index contributed by atoms with van der Waals surface area (Å²) in [4.78, 5) is 20.1. The van der Waals surface area contributed by atoms with Gasteiger partial charge < -0.3 is 18.7 Å². The Morgan fingerprint density at radius 2 is 1.90 bits per heavy atom. The molecule has 3 aromatic rings. The van der Waals surface area contributed by atoms with Crippen LogP contribution in [0.5, 0.6) is 0 Å². The first-order chi connectivity index (χ1) is 13.2. The predicted octanol–water partition coefficient (Wildman–Crippen LogP) is 4.29. The molecule has 0 amide bonds. The van der Waals surface area contributed by atoms with Crippen molar-refractivity contribution in [1.29, 1.82) is 0 Å². The second-order valence-electron chi connectivity index (χ2n) is 6.13. The summed E-state index contributed by atoms with van der Waals surface area (Å²) in [5, 5.41) is 0. The summed E-state index contributed by atoms with van der Waals surface area (Å²) < 4.78 is 54.4. The maximum atomic E-state index is 14.3. The molecule has 0 saturated heterocycles. The van der Waals surface area contributed by atoms with Gasteiger partial charge in [0.1, 0.15) is 11.6 Å². The van der Waals surface area contributed by atoms with Crippen molar-refractivity contribution in [2.45, 2.75) is 19.5 Å². The van der Waals surface area contributed by atoms with E-state index in [2.05, 4.69) is 18.8 Å². The molecule has 0 spiro atoms. The van der Waals surface area contributed by atoms with Crippen LogP contribution in [0.1, 0.15) is 21.7 Å². The number of thiazole rings is 1. The second-order valence-corrected chi connectivity index (χ2v) is 7.31. The van der Waals surface area contributed by atoms with Gasteiger partial charge in [0.2, 0.25) is 0 Å². The van der Waals surface area contributed by atoms with Crippen molar-refractivity contribution in [3.05, 3.63) is 76.0 Å². The summed E-state index contributed by atoms with van der Waals surface area (Å²) in [5.41, 5.74) is -1.69. The Labute approximate surface area is 192 Å². The first-order valence-corrected chi connectivity index (χ1v) is 9.19. The molecule has 0 atom stereocenters. The van der Waals surface area contributed by atoms with Gasteiger partial charge in [0.25, 0.3) is 5.56 Å². The van der Waals surface area contributed by atoms with E-state index in [0.717, 1.165) is 10.9 Å². The van der Waals surface area contributed by atoms with Gasteiger partial charge in [-0.05, 0) is 18.6 Å². The van der Waals surface area contributed by atoms with Gasteiger partial charge in [-0.1, -0.05) is 23.5 Å². The van der Waals surface area contributed by atoms with E-state index in [0.29, 0.717) is 29.9 Å². The number of aromatic nitrogens is 2. The molecule has 2 aromatic heterocycles. The SMILES string of the molecule is [CH2-]CN(C[CH2-])c1c(C)sc2nc(Cc3cccc(C(F)(F)F)c3F)cc(=O)n12.[U+2]. The molecule has 4 nitrogen and oxygen atoms in total. The number of nitrogens with zero attached hydrogens (tertiary/aromatic N) is 3. The minimum atomic E-state index is -4.79. The van der Waals surface area contributed by atoms with Crippen LogP contribution in [0.15, 0.2) is 29.1 Å². The first-order valence-electron chi connectivity index (χ1n) is 8.37. The molecule has 0 fully saturated rings. The third-order valence-corrected chi connectivity index (χ3v) is 5.25. The molecule has 152 valence electrons. The number of anilines is 1. The Balaban J connectivity index is 0.00000300. The summed E-state index contributed by atoms with van der Waals surface area (Å²) in [6, 6.07) is 4.30. The van der Waals surface area contributed by atoms with E-state index in [1.807, 2.05) is 11.8 Å². The van der Waals surface area contributed by atoms with Crippen LogP contribution in [0.25, 0.3) is 4.96 Å². The van der Waals surface area contributed by atoms with Gasteiger partial charge in [-0.2, -0.15) is 13.2 Å². The summed E-state index contributed by atoms with van der Waals surface area (Å²) >= 11 is 1.27. The normalized spacial score (nSPS) is 11.6. The van der Waals surface area contributed by atoms with Gasteiger partial charge in [0.15, 0.2) is 4.96 Å². The number of halogens is 4. The van der Waals surface area contributed by atoms with Crippen molar-refractivity contribution in [2.24, 2.45) is 0 Å². The number of alkyl halides is 3. The molecule has 0 bridgehead atoms. The molecule has 2 heterocycles. The minimum absolute atomic E-state index is 0. The average molecular weight is 649 g/mol. The van der Waals surface area contributed by atoms with E-state index >= 15 is 0 Å². The number of benzene rings is 1.